The number of piperidine rings is 1. The number of carbonyl (C=O) groups is 1. The van der Waals surface area contributed by atoms with Gasteiger partial charge in [0.15, 0.2) is 0 Å². The standard InChI is InChI=1S/C20H22FN3O2/c21-15-2-1-3-16(10-15)26-18-5-4-14(12-23-18)13-24-19(25)17-11-20(17)6-8-22-9-7-20/h1-5,10,12,17,22H,6-9,11,13H2,(H,24,25). The first-order chi connectivity index (χ1) is 12.6. The van der Waals surface area contributed by atoms with Gasteiger partial charge in [0.05, 0.1) is 0 Å². The molecule has 0 bridgehead atoms. The fourth-order valence-corrected chi connectivity index (χ4v) is 3.74. The van der Waals surface area contributed by atoms with Crippen LogP contribution in [0.25, 0.3) is 0 Å². The Bertz CT molecular complexity index is 788. The van der Waals surface area contributed by atoms with Crippen LogP contribution < -0.4 is 15.4 Å². The Kier molecular flexibility index (Phi) is 4.59. The molecule has 4 rings (SSSR count). The fourth-order valence-electron chi connectivity index (χ4n) is 3.74. The Morgan fingerprint density at radius 2 is 2.15 bits per heavy atom. The van der Waals surface area contributed by atoms with Gasteiger partial charge in [0.2, 0.25) is 11.8 Å². The van der Waals surface area contributed by atoms with Crippen molar-refractivity contribution < 1.29 is 13.9 Å². The molecule has 1 unspecified atom stereocenters. The van der Waals surface area contributed by atoms with Crippen LogP contribution >= 0.6 is 0 Å². The Morgan fingerprint density at radius 3 is 2.88 bits per heavy atom. The topological polar surface area (TPSA) is 63.2 Å². The molecule has 2 aromatic rings. The van der Waals surface area contributed by atoms with Gasteiger partial charge >= 0.3 is 0 Å². The highest BCUT2D eigenvalue weighted by molar-refractivity contribution is 5.82. The Morgan fingerprint density at radius 1 is 1.31 bits per heavy atom. The molecule has 1 aliphatic carbocycles. The number of nitrogens with one attached hydrogen (secondary N) is 2. The van der Waals surface area contributed by atoms with E-state index < -0.39 is 0 Å². The summed E-state index contributed by atoms with van der Waals surface area (Å²) in [6.45, 7) is 2.48. The fraction of sp³-hybridized carbons (Fsp3) is 0.400. The van der Waals surface area contributed by atoms with Gasteiger partial charge < -0.3 is 15.4 Å². The predicted molar refractivity (Wildman–Crippen MR) is 95.2 cm³/mol. The van der Waals surface area contributed by atoms with E-state index in [-0.39, 0.29) is 23.1 Å². The van der Waals surface area contributed by atoms with Gasteiger partial charge in [0.25, 0.3) is 0 Å². The van der Waals surface area contributed by atoms with E-state index in [1.54, 1.807) is 24.4 Å². The second-order valence-corrected chi connectivity index (χ2v) is 7.15. The molecule has 5 nitrogen and oxygen atoms in total. The number of amides is 1. The summed E-state index contributed by atoms with van der Waals surface area (Å²) in [6, 6.07) is 9.50. The van der Waals surface area contributed by atoms with E-state index in [1.807, 2.05) is 6.07 Å². The normalized spacial score (nSPS) is 20.6. The number of benzene rings is 1. The molecule has 1 atom stereocenters. The summed E-state index contributed by atoms with van der Waals surface area (Å²) in [4.78, 5) is 16.6. The summed E-state index contributed by atoms with van der Waals surface area (Å²) in [5, 5.41) is 6.37. The van der Waals surface area contributed by atoms with Crippen molar-refractivity contribution in [3.05, 3.63) is 54.0 Å². The van der Waals surface area contributed by atoms with Crippen molar-refractivity contribution in [1.82, 2.24) is 15.6 Å². The zero-order valence-electron chi connectivity index (χ0n) is 14.5. The van der Waals surface area contributed by atoms with E-state index in [9.17, 15) is 9.18 Å². The molecular weight excluding hydrogens is 333 g/mol. The van der Waals surface area contributed by atoms with E-state index >= 15 is 0 Å². The van der Waals surface area contributed by atoms with Gasteiger partial charge in [-0.05, 0) is 55.5 Å². The summed E-state index contributed by atoms with van der Waals surface area (Å²) in [6.07, 6.45) is 4.87. The van der Waals surface area contributed by atoms with Gasteiger partial charge in [-0.3, -0.25) is 4.79 Å². The third-order valence-electron chi connectivity index (χ3n) is 5.39. The lowest BCUT2D eigenvalue weighted by Gasteiger charge is -2.23. The van der Waals surface area contributed by atoms with Crippen LogP contribution in [0.3, 0.4) is 0 Å². The van der Waals surface area contributed by atoms with E-state index in [2.05, 4.69) is 15.6 Å². The summed E-state index contributed by atoms with van der Waals surface area (Å²) in [5.41, 5.74) is 1.15. The van der Waals surface area contributed by atoms with Gasteiger partial charge in [-0.25, -0.2) is 9.37 Å². The largest absolute Gasteiger partial charge is 0.439 e. The van der Waals surface area contributed by atoms with Gasteiger partial charge in [-0.2, -0.15) is 0 Å². The molecule has 2 aliphatic rings. The molecule has 1 saturated heterocycles. The lowest BCUT2D eigenvalue weighted by Crippen LogP contribution is -2.33. The number of hydrogen-bond donors (Lipinski definition) is 2. The minimum atomic E-state index is -0.353. The van der Waals surface area contributed by atoms with Crippen molar-refractivity contribution in [1.29, 1.82) is 0 Å². The summed E-state index contributed by atoms with van der Waals surface area (Å²) >= 11 is 0. The molecular formula is C20H22FN3O2. The lowest BCUT2D eigenvalue weighted by molar-refractivity contribution is -0.123. The smallest absolute Gasteiger partial charge is 0.223 e. The van der Waals surface area contributed by atoms with Crippen molar-refractivity contribution >= 4 is 5.91 Å². The highest BCUT2D eigenvalue weighted by Gasteiger charge is 2.57. The maximum Gasteiger partial charge on any atom is 0.223 e. The first kappa shape index (κ1) is 17.0. The first-order valence-corrected chi connectivity index (χ1v) is 9.01. The Hall–Kier alpha value is -2.47. The van der Waals surface area contributed by atoms with E-state index in [0.717, 1.165) is 37.9 Å². The summed E-state index contributed by atoms with van der Waals surface area (Å²) < 4.78 is 18.7. The van der Waals surface area contributed by atoms with Crippen LogP contribution in [-0.4, -0.2) is 24.0 Å². The minimum Gasteiger partial charge on any atom is -0.439 e. The average molecular weight is 355 g/mol. The SMILES string of the molecule is O=C(NCc1ccc(Oc2cccc(F)c2)nc1)C1CC12CCNCC2. The van der Waals surface area contributed by atoms with Crippen LogP contribution in [0.5, 0.6) is 11.6 Å². The molecule has 136 valence electrons. The third kappa shape index (κ3) is 3.70. The van der Waals surface area contributed by atoms with Gasteiger partial charge in [0.1, 0.15) is 11.6 Å². The van der Waals surface area contributed by atoms with Crippen molar-refractivity contribution in [3.63, 3.8) is 0 Å². The molecule has 2 fully saturated rings. The van der Waals surface area contributed by atoms with Gasteiger partial charge in [0, 0.05) is 30.8 Å². The molecule has 0 radical (unpaired) electrons. The zero-order valence-corrected chi connectivity index (χ0v) is 14.5. The summed E-state index contributed by atoms with van der Waals surface area (Å²) in [5.74, 6) is 0.745. The van der Waals surface area contributed by atoms with Crippen LogP contribution in [0.4, 0.5) is 4.39 Å². The second kappa shape index (κ2) is 7.03. The highest BCUT2D eigenvalue weighted by atomic mass is 19.1. The van der Waals surface area contributed by atoms with E-state index in [0.29, 0.717) is 18.2 Å². The van der Waals surface area contributed by atoms with Crippen molar-refractivity contribution in [2.75, 3.05) is 13.1 Å². The average Bonchev–Trinajstić information content (AvgIpc) is 3.34. The molecule has 2 heterocycles. The van der Waals surface area contributed by atoms with Crippen LogP contribution in [0.2, 0.25) is 0 Å². The number of ether oxygens (including phenoxy) is 1. The molecule has 1 saturated carbocycles. The lowest BCUT2D eigenvalue weighted by atomic mass is 9.92. The van der Waals surface area contributed by atoms with Gasteiger partial charge in [-0.1, -0.05) is 12.1 Å². The van der Waals surface area contributed by atoms with Crippen LogP contribution in [-0.2, 0) is 11.3 Å². The van der Waals surface area contributed by atoms with E-state index in [4.69, 9.17) is 4.74 Å². The van der Waals surface area contributed by atoms with Crippen molar-refractivity contribution in [2.45, 2.75) is 25.8 Å². The minimum absolute atomic E-state index is 0.145. The monoisotopic (exact) mass is 355 g/mol. The Labute approximate surface area is 152 Å². The Balaban J connectivity index is 1.28. The summed E-state index contributed by atoms with van der Waals surface area (Å²) in [7, 11) is 0. The van der Waals surface area contributed by atoms with E-state index in [1.165, 1.54) is 12.1 Å². The molecule has 1 spiro atoms. The maximum atomic E-state index is 13.2. The van der Waals surface area contributed by atoms with Crippen LogP contribution in [0.1, 0.15) is 24.8 Å². The highest BCUT2D eigenvalue weighted by Crippen LogP contribution is 2.58. The molecule has 1 aromatic heterocycles. The number of hydrogen-bond acceptors (Lipinski definition) is 4. The zero-order chi connectivity index (χ0) is 18.0. The van der Waals surface area contributed by atoms with Crippen LogP contribution in [0, 0.1) is 17.2 Å². The third-order valence-corrected chi connectivity index (χ3v) is 5.39. The second-order valence-electron chi connectivity index (χ2n) is 7.15. The number of carbonyl (C=O) groups excluding carboxylic acids is 1. The van der Waals surface area contributed by atoms with Gasteiger partial charge in [-0.15, -0.1) is 0 Å². The maximum absolute atomic E-state index is 13.2. The van der Waals surface area contributed by atoms with Crippen molar-refractivity contribution in [3.8, 4) is 11.6 Å². The van der Waals surface area contributed by atoms with Crippen LogP contribution in [0.15, 0.2) is 42.6 Å². The predicted octanol–water partition coefficient (Wildman–Crippen LogP) is 3.02. The number of halogens is 1. The first-order valence-electron chi connectivity index (χ1n) is 9.01. The quantitative estimate of drug-likeness (QED) is 0.865. The molecule has 6 heteroatoms. The molecule has 1 amide bonds. The number of nitrogens with zero attached hydrogens (tertiary/aromatic N) is 1. The molecule has 26 heavy (non-hydrogen) atoms. The molecule has 1 aliphatic heterocycles. The molecule has 2 N–H and O–H groups in total. The number of pyridine rings is 1. The number of rotatable bonds is 5. The molecule has 1 aromatic carbocycles. The van der Waals surface area contributed by atoms with Crippen molar-refractivity contribution in [2.24, 2.45) is 11.3 Å². The number of aromatic nitrogens is 1.